The molecule has 1 aromatic rings. The fourth-order valence-electron chi connectivity index (χ4n) is 2.04. The van der Waals surface area contributed by atoms with Gasteiger partial charge >= 0.3 is 12.0 Å². The van der Waals surface area contributed by atoms with Crippen molar-refractivity contribution in [2.45, 2.75) is 25.4 Å². The summed E-state index contributed by atoms with van der Waals surface area (Å²) in [6.07, 6.45) is 0.0629. The van der Waals surface area contributed by atoms with Crippen LogP contribution in [0.5, 0.6) is 0 Å². The molecule has 1 fully saturated rings. The number of carbonyl (C=O) groups excluding carboxylic acids is 2. The maximum absolute atomic E-state index is 11.9. The van der Waals surface area contributed by atoms with E-state index in [1.54, 1.807) is 0 Å². The minimum Gasteiger partial charge on any atom is -0.480 e. The van der Waals surface area contributed by atoms with Crippen molar-refractivity contribution in [3.05, 3.63) is 35.9 Å². The summed E-state index contributed by atoms with van der Waals surface area (Å²) in [7, 11) is 0. The number of benzene rings is 1. The molecule has 1 aliphatic rings. The highest BCUT2D eigenvalue weighted by Crippen LogP contribution is 2.23. The van der Waals surface area contributed by atoms with E-state index in [1.807, 2.05) is 30.3 Å². The maximum Gasteiger partial charge on any atom is 0.326 e. The number of nitrogens with one attached hydrogen (secondary N) is 1. The minimum atomic E-state index is -1.21. The van der Waals surface area contributed by atoms with E-state index in [2.05, 4.69) is 5.32 Å². The summed E-state index contributed by atoms with van der Waals surface area (Å²) >= 11 is 0. The first-order valence-corrected chi connectivity index (χ1v) is 5.91. The molecule has 2 atom stereocenters. The van der Waals surface area contributed by atoms with Crippen LogP contribution in [-0.4, -0.2) is 34.0 Å². The van der Waals surface area contributed by atoms with E-state index in [-0.39, 0.29) is 6.42 Å². The molecule has 0 spiro atoms. The van der Waals surface area contributed by atoms with Crippen LogP contribution in [0.2, 0.25) is 0 Å². The fourth-order valence-corrected chi connectivity index (χ4v) is 2.04. The van der Waals surface area contributed by atoms with Gasteiger partial charge in [0.15, 0.2) is 0 Å². The number of hydrogen-bond donors (Lipinski definition) is 2. The third-order valence-corrected chi connectivity index (χ3v) is 3.11. The van der Waals surface area contributed by atoms with Crippen molar-refractivity contribution < 1.29 is 19.5 Å². The quantitative estimate of drug-likeness (QED) is 0.855. The number of rotatable bonds is 3. The van der Waals surface area contributed by atoms with Crippen molar-refractivity contribution in [2.75, 3.05) is 0 Å². The summed E-state index contributed by atoms with van der Waals surface area (Å²) in [4.78, 5) is 35.4. The van der Waals surface area contributed by atoms with Crippen LogP contribution in [0.4, 0.5) is 4.79 Å². The summed E-state index contributed by atoms with van der Waals surface area (Å²) in [6.45, 7) is 1.31. The molecular weight excluding hydrogens is 248 g/mol. The van der Waals surface area contributed by atoms with E-state index < -0.39 is 30.0 Å². The van der Waals surface area contributed by atoms with Gasteiger partial charge in [0, 0.05) is 0 Å². The van der Waals surface area contributed by atoms with Crippen LogP contribution in [0.3, 0.4) is 0 Å². The molecule has 2 N–H and O–H groups in total. The summed E-state index contributed by atoms with van der Waals surface area (Å²) in [5.41, 5.74) is 0.826. The Balaban J connectivity index is 2.17. The SMILES string of the molecule is CC(C(=O)O)N1C(=O)CC(c2ccccc2)NC1=O. The summed E-state index contributed by atoms with van der Waals surface area (Å²) < 4.78 is 0. The molecule has 1 aliphatic heterocycles. The molecule has 2 rings (SSSR count). The molecule has 19 heavy (non-hydrogen) atoms. The number of aliphatic carboxylic acids is 1. The summed E-state index contributed by atoms with van der Waals surface area (Å²) in [5.74, 6) is -1.69. The van der Waals surface area contributed by atoms with Crippen LogP contribution in [0, 0.1) is 0 Å². The number of imide groups is 1. The van der Waals surface area contributed by atoms with E-state index >= 15 is 0 Å². The number of carboxylic acids is 1. The first-order valence-electron chi connectivity index (χ1n) is 5.91. The van der Waals surface area contributed by atoms with Crippen molar-refractivity contribution in [2.24, 2.45) is 0 Å². The molecule has 0 bridgehead atoms. The normalized spacial score (nSPS) is 20.9. The molecule has 0 radical (unpaired) electrons. The summed E-state index contributed by atoms with van der Waals surface area (Å²) in [5, 5.41) is 11.5. The average Bonchev–Trinajstić information content (AvgIpc) is 2.38. The molecular formula is C13H14N2O4. The van der Waals surface area contributed by atoms with Gasteiger partial charge in [-0.1, -0.05) is 30.3 Å². The van der Waals surface area contributed by atoms with Crippen LogP contribution >= 0.6 is 0 Å². The number of hydrogen-bond acceptors (Lipinski definition) is 3. The standard InChI is InChI=1S/C13H14N2O4/c1-8(12(17)18)15-11(16)7-10(14-13(15)19)9-5-3-2-4-6-9/h2-6,8,10H,7H2,1H3,(H,14,19)(H,17,18). The Morgan fingerprint density at radius 1 is 1.37 bits per heavy atom. The van der Waals surface area contributed by atoms with Crippen molar-refractivity contribution >= 4 is 17.9 Å². The van der Waals surface area contributed by atoms with Gasteiger partial charge in [0.2, 0.25) is 5.91 Å². The molecule has 1 aromatic carbocycles. The minimum absolute atomic E-state index is 0.0629. The Kier molecular flexibility index (Phi) is 3.50. The third-order valence-electron chi connectivity index (χ3n) is 3.11. The van der Waals surface area contributed by atoms with Crippen molar-refractivity contribution in [3.63, 3.8) is 0 Å². The highest BCUT2D eigenvalue weighted by Gasteiger charge is 2.38. The first-order chi connectivity index (χ1) is 9.00. The zero-order valence-electron chi connectivity index (χ0n) is 10.4. The lowest BCUT2D eigenvalue weighted by Gasteiger charge is -2.33. The second-order valence-electron chi connectivity index (χ2n) is 4.39. The predicted molar refractivity (Wildman–Crippen MR) is 66.3 cm³/mol. The first kappa shape index (κ1) is 13.1. The van der Waals surface area contributed by atoms with Crippen LogP contribution in [0.15, 0.2) is 30.3 Å². The molecule has 0 saturated carbocycles. The molecule has 6 heteroatoms. The number of carbonyl (C=O) groups is 3. The molecule has 1 saturated heterocycles. The monoisotopic (exact) mass is 262 g/mol. The maximum atomic E-state index is 11.9. The highest BCUT2D eigenvalue weighted by atomic mass is 16.4. The Bertz CT molecular complexity index is 497. The highest BCUT2D eigenvalue weighted by molar-refractivity contribution is 6.00. The van der Waals surface area contributed by atoms with Crippen LogP contribution in [0.1, 0.15) is 24.9 Å². The van der Waals surface area contributed by atoms with E-state index in [0.717, 1.165) is 10.5 Å². The van der Waals surface area contributed by atoms with E-state index in [4.69, 9.17) is 5.11 Å². The average molecular weight is 262 g/mol. The van der Waals surface area contributed by atoms with Gasteiger partial charge in [0.05, 0.1) is 12.5 Å². The lowest BCUT2D eigenvalue weighted by molar-refractivity contribution is -0.147. The lowest BCUT2D eigenvalue weighted by atomic mass is 10.0. The largest absolute Gasteiger partial charge is 0.480 e. The second-order valence-corrected chi connectivity index (χ2v) is 4.39. The number of amides is 3. The zero-order chi connectivity index (χ0) is 14.0. The van der Waals surface area contributed by atoms with E-state index in [9.17, 15) is 14.4 Å². The Hall–Kier alpha value is -2.37. The molecule has 1 heterocycles. The number of urea groups is 1. The van der Waals surface area contributed by atoms with Gasteiger partial charge in [0.1, 0.15) is 6.04 Å². The molecule has 100 valence electrons. The second kappa shape index (κ2) is 5.09. The van der Waals surface area contributed by atoms with Crippen LogP contribution in [-0.2, 0) is 9.59 Å². The third kappa shape index (κ3) is 2.57. The van der Waals surface area contributed by atoms with Gasteiger partial charge in [0.25, 0.3) is 0 Å². The van der Waals surface area contributed by atoms with Gasteiger partial charge < -0.3 is 10.4 Å². The van der Waals surface area contributed by atoms with Gasteiger partial charge in [-0.05, 0) is 12.5 Å². The van der Waals surface area contributed by atoms with Gasteiger partial charge in [-0.15, -0.1) is 0 Å². The van der Waals surface area contributed by atoms with Crippen LogP contribution < -0.4 is 5.32 Å². The Morgan fingerprint density at radius 2 is 2.00 bits per heavy atom. The Labute approximate surface area is 110 Å². The van der Waals surface area contributed by atoms with E-state index in [0.29, 0.717) is 0 Å². The smallest absolute Gasteiger partial charge is 0.326 e. The van der Waals surface area contributed by atoms with E-state index in [1.165, 1.54) is 6.92 Å². The van der Waals surface area contributed by atoms with Crippen molar-refractivity contribution in [1.82, 2.24) is 10.2 Å². The number of carboxylic acid groups (broad SMARTS) is 1. The topological polar surface area (TPSA) is 86.7 Å². The fraction of sp³-hybridized carbons (Fsp3) is 0.308. The Morgan fingerprint density at radius 3 is 2.53 bits per heavy atom. The molecule has 6 nitrogen and oxygen atoms in total. The van der Waals surface area contributed by atoms with Gasteiger partial charge in [-0.25, -0.2) is 9.59 Å². The molecule has 0 aliphatic carbocycles. The molecule has 0 aromatic heterocycles. The molecule has 3 amide bonds. The number of nitrogens with zero attached hydrogens (tertiary/aromatic N) is 1. The van der Waals surface area contributed by atoms with Gasteiger partial charge in [-0.2, -0.15) is 0 Å². The van der Waals surface area contributed by atoms with Crippen molar-refractivity contribution in [1.29, 1.82) is 0 Å². The van der Waals surface area contributed by atoms with Crippen LogP contribution in [0.25, 0.3) is 0 Å². The van der Waals surface area contributed by atoms with Crippen molar-refractivity contribution in [3.8, 4) is 0 Å². The predicted octanol–water partition coefficient (Wildman–Crippen LogP) is 1.14. The molecule has 2 unspecified atom stereocenters. The zero-order valence-corrected chi connectivity index (χ0v) is 10.4. The lowest BCUT2D eigenvalue weighted by Crippen LogP contribution is -2.56. The van der Waals surface area contributed by atoms with Gasteiger partial charge in [-0.3, -0.25) is 9.69 Å². The summed E-state index contributed by atoms with van der Waals surface area (Å²) in [6, 6.07) is 6.87.